The zero-order chi connectivity index (χ0) is 12.7. The van der Waals surface area contributed by atoms with Crippen molar-refractivity contribution in [3.8, 4) is 16.9 Å². The molecule has 94 valence electrons. The Morgan fingerprint density at radius 1 is 0.895 bits per heavy atom. The van der Waals surface area contributed by atoms with Gasteiger partial charge in [-0.05, 0) is 22.8 Å². The standard InChI is InChI=1S/C15H13BO3/c1-2-4-11(5-3-1)12-6-7-14-15-13(12)10-19-16(15)18-9-8-17-14/h1-7H,8-10H2. The Morgan fingerprint density at radius 3 is 2.68 bits per heavy atom. The third-order valence-electron chi connectivity index (χ3n) is 3.63. The molecular weight excluding hydrogens is 239 g/mol. The Bertz CT molecular complexity index is 612. The highest BCUT2D eigenvalue weighted by Gasteiger charge is 2.37. The van der Waals surface area contributed by atoms with Crippen molar-refractivity contribution in [2.24, 2.45) is 0 Å². The summed E-state index contributed by atoms with van der Waals surface area (Å²) in [7, 11) is -0.267. The van der Waals surface area contributed by atoms with Gasteiger partial charge in [-0.2, -0.15) is 0 Å². The predicted molar refractivity (Wildman–Crippen MR) is 73.5 cm³/mol. The minimum Gasteiger partial charge on any atom is -0.492 e. The maximum atomic E-state index is 5.74. The zero-order valence-electron chi connectivity index (χ0n) is 10.5. The minimum absolute atomic E-state index is 0.267. The van der Waals surface area contributed by atoms with Crippen LogP contribution in [0.15, 0.2) is 42.5 Å². The smallest absolute Gasteiger partial charge is 0.492 e. The molecule has 3 nitrogen and oxygen atoms in total. The van der Waals surface area contributed by atoms with Crippen molar-refractivity contribution in [1.29, 1.82) is 0 Å². The van der Waals surface area contributed by atoms with E-state index in [0.717, 1.165) is 11.2 Å². The zero-order valence-corrected chi connectivity index (χ0v) is 10.5. The molecule has 4 heteroatoms. The first-order valence-electron chi connectivity index (χ1n) is 6.51. The van der Waals surface area contributed by atoms with Crippen molar-refractivity contribution >= 4 is 12.6 Å². The average molecular weight is 252 g/mol. The molecule has 4 rings (SSSR count). The summed E-state index contributed by atoms with van der Waals surface area (Å²) < 4.78 is 17.1. The van der Waals surface area contributed by atoms with Crippen molar-refractivity contribution in [3.63, 3.8) is 0 Å². The van der Waals surface area contributed by atoms with E-state index in [9.17, 15) is 0 Å². The van der Waals surface area contributed by atoms with Gasteiger partial charge in [0.2, 0.25) is 0 Å². The van der Waals surface area contributed by atoms with Crippen molar-refractivity contribution in [2.75, 3.05) is 13.2 Å². The van der Waals surface area contributed by atoms with Gasteiger partial charge in [0.05, 0.1) is 13.2 Å². The van der Waals surface area contributed by atoms with E-state index in [1.807, 2.05) is 24.3 Å². The van der Waals surface area contributed by atoms with Crippen molar-refractivity contribution in [2.45, 2.75) is 6.61 Å². The summed E-state index contributed by atoms with van der Waals surface area (Å²) in [4.78, 5) is 0. The highest BCUT2D eigenvalue weighted by Crippen LogP contribution is 2.31. The molecule has 0 spiro atoms. The third kappa shape index (κ3) is 1.76. The number of ether oxygens (including phenoxy) is 1. The van der Waals surface area contributed by atoms with Crippen LogP contribution in [0.25, 0.3) is 11.1 Å². The van der Waals surface area contributed by atoms with Crippen LogP contribution >= 0.6 is 0 Å². The van der Waals surface area contributed by atoms with Gasteiger partial charge < -0.3 is 14.0 Å². The topological polar surface area (TPSA) is 27.7 Å². The van der Waals surface area contributed by atoms with Crippen LogP contribution in [-0.2, 0) is 15.9 Å². The van der Waals surface area contributed by atoms with E-state index in [-0.39, 0.29) is 7.12 Å². The van der Waals surface area contributed by atoms with Gasteiger partial charge in [-0.3, -0.25) is 0 Å². The van der Waals surface area contributed by atoms with E-state index < -0.39 is 0 Å². The molecule has 2 aromatic carbocycles. The van der Waals surface area contributed by atoms with Crippen molar-refractivity contribution < 1.29 is 14.0 Å². The average Bonchev–Trinajstić information content (AvgIpc) is 2.77. The number of benzene rings is 2. The summed E-state index contributed by atoms with van der Waals surface area (Å²) >= 11 is 0. The fraction of sp³-hybridized carbons (Fsp3) is 0.200. The lowest BCUT2D eigenvalue weighted by atomic mass is 9.76. The van der Waals surface area contributed by atoms with Crippen molar-refractivity contribution in [3.05, 3.63) is 48.0 Å². The second-order valence-electron chi connectivity index (χ2n) is 4.73. The maximum absolute atomic E-state index is 5.74. The molecule has 0 N–H and O–H groups in total. The molecule has 2 aliphatic rings. The highest BCUT2D eigenvalue weighted by atomic mass is 16.6. The van der Waals surface area contributed by atoms with Gasteiger partial charge >= 0.3 is 7.12 Å². The summed E-state index contributed by atoms with van der Waals surface area (Å²) in [6, 6.07) is 14.5. The Labute approximate surface area is 112 Å². The molecule has 0 fully saturated rings. The van der Waals surface area contributed by atoms with E-state index in [2.05, 4.69) is 18.2 Å². The van der Waals surface area contributed by atoms with Gasteiger partial charge in [0.1, 0.15) is 12.4 Å². The SMILES string of the molecule is c1ccc(-c2ccc3c4c2COB4OCCO3)cc1. The quantitative estimate of drug-likeness (QED) is 0.726. The lowest BCUT2D eigenvalue weighted by Gasteiger charge is -2.11. The summed E-state index contributed by atoms with van der Waals surface area (Å²) in [5.41, 5.74) is 4.67. The van der Waals surface area contributed by atoms with Crippen LogP contribution in [0, 0.1) is 0 Å². The van der Waals surface area contributed by atoms with Crippen LogP contribution in [0.3, 0.4) is 0 Å². The van der Waals surface area contributed by atoms with Crippen molar-refractivity contribution in [1.82, 2.24) is 0 Å². The molecule has 0 saturated carbocycles. The molecule has 0 aliphatic carbocycles. The Kier molecular flexibility index (Phi) is 2.57. The van der Waals surface area contributed by atoms with E-state index in [0.29, 0.717) is 19.8 Å². The second kappa shape index (κ2) is 4.40. The predicted octanol–water partition coefficient (Wildman–Crippen LogP) is 1.99. The van der Waals surface area contributed by atoms with Crippen LogP contribution in [0.2, 0.25) is 0 Å². The van der Waals surface area contributed by atoms with E-state index >= 15 is 0 Å². The lowest BCUT2D eigenvalue weighted by Crippen LogP contribution is -2.31. The first-order valence-corrected chi connectivity index (χ1v) is 6.51. The Hall–Kier alpha value is -1.78. The molecule has 2 aliphatic heterocycles. The summed E-state index contributed by atoms with van der Waals surface area (Å²) in [5.74, 6) is 0.898. The molecule has 2 heterocycles. The number of rotatable bonds is 1. The first-order chi connectivity index (χ1) is 9.43. The van der Waals surface area contributed by atoms with Gasteiger partial charge in [-0.1, -0.05) is 36.4 Å². The fourth-order valence-electron chi connectivity index (χ4n) is 2.75. The Balaban J connectivity index is 1.90. The highest BCUT2D eigenvalue weighted by molar-refractivity contribution is 6.64. The minimum atomic E-state index is -0.267. The fourth-order valence-corrected chi connectivity index (χ4v) is 2.75. The molecule has 0 radical (unpaired) electrons. The van der Waals surface area contributed by atoms with Gasteiger partial charge in [-0.15, -0.1) is 0 Å². The molecule has 19 heavy (non-hydrogen) atoms. The summed E-state index contributed by atoms with van der Waals surface area (Å²) in [6.07, 6.45) is 0. The first kappa shape index (κ1) is 11.1. The van der Waals surface area contributed by atoms with Crippen LogP contribution in [0.4, 0.5) is 0 Å². The molecule has 0 bridgehead atoms. The van der Waals surface area contributed by atoms with Crippen LogP contribution in [0.1, 0.15) is 5.56 Å². The monoisotopic (exact) mass is 252 g/mol. The number of hydrogen-bond acceptors (Lipinski definition) is 3. The molecule has 0 aromatic heterocycles. The lowest BCUT2D eigenvalue weighted by molar-refractivity contribution is 0.180. The van der Waals surface area contributed by atoms with Crippen LogP contribution < -0.4 is 10.2 Å². The molecular formula is C15H13BO3. The second-order valence-corrected chi connectivity index (χ2v) is 4.73. The number of hydrogen-bond donors (Lipinski definition) is 0. The van der Waals surface area contributed by atoms with E-state index in [1.165, 1.54) is 16.7 Å². The Morgan fingerprint density at radius 2 is 1.79 bits per heavy atom. The maximum Gasteiger partial charge on any atom is 0.498 e. The van der Waals surface area contributed by atoms with Gasteiger partial charge in [0.25, 0.3) is 0 Å². The summed E-state index contributed by atoms with van der Waals surface area (Å²) in [5, 5.41) is 0. The summed E-state index contributed by atoms with van der Waals surface area (Å²) in [6.45, 7) is 1.73. The third-order valence-corrected chi connectivity index (χ3v) is 3.63. The van der Waals surface area contributed by atoms with Crippen LogP contribution in [0.5, 0.6) is 5.75 Å². The van der Waals surface area contributed by atoms with E-state index in [1.54, 1.807) is 0 Å². The van der Waals surface area contributed by atoms with E-state index in [4.69, 9.17) is 14.0 Å². The molecule has 0 unspecified atom stereocenters. The molecule has 2 aromatic rings. The normalized spacial score (nSPS) is 16.7. The van der Waals surface area contributed by atoms with Gasteiger partial charge in [0.15, 0.2) is 0 Å². The molecule has 0 saturated heterocycles. The van der Waals surface area contributed by atoms with Gasteiger partial charge in [-0.25, -0.2) is 0 Å². The van der Waals surface area contributed by atoms with Gasteiger partial charge in [0, 0.05) is 5.46 Å². The molecule has 0 atom stereocenters. The molecule has 0 amide bonds. The largest absolute Gasteiger partial charge is 0.498 e. The van der Waals surface area contributed by atoms with Crippen LogP contribution in [-0.4, -0.2) is 20.3 Å².